The van der Waals surface area contributed by atoms with Crippen LogP contribution in [0.4, 0.5) is 0 Å². The lowest BCUT2D eigenvalue weighted by Gasteiger charge is -2.17. The molecular formula is C12H20N4. The van der Waals surface area contributed by atoms with E-state index >= 15 is 0 Å². The highest BCUT2D eigenvalue weighted by atomic mass is 15.4. The minimum Gasteiger partial charge on any atom is -0.310 e. The average molecular weight is 220 g/mol. The summed E-state index contributed by atoms with van der Waals surface area (Å²) < 4.78 is 1.88. The molecule has 4 nitrogen and oxygen atoms in total. The van der Waals surface area contributed by atoms with E-state index in [-0.39, 0.29) is 5.54 Å². The summed E-state index contributed by atoms with van der Waals surface area (Å²) in [5.41, 5.74) is 0.971. The van der Waals surface area contributed by atoms with Crippen molar-refractivity contribution >= 4 is 0 Å². The van der Waals surface area contributed by atoms with Gasteiger partial charge in [-0.1, -0.05) is 5.21 Å². The van der Waals surface area contributed by atoms with E-state index in [1.54, 1.807) is 0 Å². The summed E-state index contributed by atoms with van der Waals surface area (Å²) in [7, 11) is 0. The first-order chi connectivity index (χ1) is 7.54. The highest BCUT2D eigenvalue weighted by Crippen LogP contribution is 2.11. The van der Waals surface area contributed by atoms with Crippen molar-refractivity contribution in [3.05, 3.63) is 11.9 Å². The minimum absolute atomic E-state index is 0.00106. The Kier molecular flexibility index (Phi) is 4.51. The molecule has 0 aliphatic heterocycles. The molecule has 1 aromatic heterocycles. The van der Waals surface area contributed by atoms with E-state index in [0.717, 1.165) is 25.2 Å². The maximum Gasteiger partial charge on any atom is 0.0965 e. The molecule has 0 aromatic carbocycles. The Morgan fingerprint density at radius 1 is 1.44 bits per heavy atom. The fraction of sp³-hybridized carbons (Fsp3) is 0.667. The second-order valence-corrected chi connectivity index (χ2v) is 4.68. The molecule has 0 spiro atoms. The maximum atomic E-state index is 4.11. The van der Waals surface area contributed by atoms with E-state index in [4.69, 9.17) is 0 Å². The van der Waals surface area contributed by atoms with E-state index in [1.165, 1.54) is 0 Å². The van der Waals surface area contributed by atoms with Gasteiger partial charge in [0.25, 0.3) is 0 Å². The molecule has 88 valence electrons. The third-order valence-corrected chi connectivity index (χ3v) is 2.14. The van der Waals surface area contributed by atoms with E-state index < -0.39 is 0 Å². The normalized spacial score (nSPS) is 11.0. The lowest BCUT2D eigenvalue weighted by molar-refractivity contribution is 0.347. The Balaban J connectivity index is 2.37. The predicted octanol–water partition coefficient (Wildman–Crippen LogP) is 1.54. The summed E-state index contributed by atoms with van der Waals surface area (Å²) in [4.78, 5) is 0. The Morgan fingerprint density at radius 2 is 2.19 bits per heavy atom. The van der Waals surface area contributed by atoms with Crippen LogP contribution < -0.4 is 5.32 Å². The largest absolute Gasteiger partial charge is 0.310 e. The van der Waals surface area contributed by atoms with Crippen molar-refractivity contribution < 1.29 is 0 Å². The van der Waals surface area contributed by atoms with Crippen molar-refractivity contribution in [2.45, 2.75) is 46.2 Å². The third kappa shape index (κ3) is 4.03. The number of hydrogen-bond acceptors (Lipinski definition) is 3. The SMILES string of the molecule is CC#CCCNCc1cn(C(C)(C)C)nn1. The molecule has 1 N–H and O–H groups in total. The summed E-state index contributed by atoms with van der Waals surface area (Å²) in [6.45, 7) is 9.82. The van der Waals surface area contributed by atoms with Crippen LogP contribution >= 0.6 is 0 Å². The zero-order valence-electron chi connectivity index (χ0n) is 10.5. The molecule has 0 aliphatic carbocycles. The average Bonchev–Trinajstić information content (AvgIpc) is 2.65. The molecule has 0 saturated carbocycles. The molecule has 1 rings (SSSR count). The van der Waals surface area contributed by atoms with Crippen molar-refractivity contribution in [1.29, 1.82) is 0 Å². The van der Waals surface area contributed by atoms with Crippen LogP contribution in [0.1, 0.15) is 39.8 Å². The monoisotopic (exact) mass is 220 g/mol. The topological polar surface area (TPSA) is 42.7 Å². The zero-order valence-corrected chi connectivity index (χ0v) is 10.5. The lowest BCUT2D eigenvalue weighted by atomic mass is 10.1. The fourth-order valence-electron chi connectivity index (χ4n) is 1.20. The minimum atomic E-state index is -0.00106. The van der Waals surface area contributed by atoms with Crippen molar-refractivity contribution in [3.8, 4) is 11.8 Å². The molecule has 16 heavy (non-hydrogen) atoms. The van der Waals surface area contributed by atoms with E-state index in [0.29, 0.717) is 0 Å². The fourth-order valence-corrected chi connectivity index (χ4v) is 1.20. The third-order valence-electron chi connectivity index (χ3n) is 2.14. The highest BCUT2D eigenvalue weighted by molar-refractivity contribution is 4.97. The molecule has 1 aromatic rings. The van der Waals surface area contributed by atoms with Crippen molar-refractivity contribution in [2.24, 2.45) is 0 Å². The van der Waals surface area contributed by atoms with Crippen LogP contribution in [0, 0.1) is 11.8 Å². The number of nitrogens with one attached hydrogen (secondary N) is 1. The van der Waals surface area contributed by atoms with Gasteiger partial charge in [0, 0.05) is 19.5 Å². The van der Waals surface area contributed by atoms with Gasteiger partial charge in [-0.05, 0) is 27.7 Å². The van der Waals surface area contributed by atoms with Crippen molar-refractivity contribution in [1.82, 2.24) is 20.3 Å². The second-order valence-electron chi connectivity index (χ2n) is 4.68. The van der Waals surface area contributed by atoms with Gasteiger partial charge in [-0.2, -0.15) is 0 Å². The van der Waals surface area contributed by atoms with Crippen LogP contribution in [0.15, 0.2) is 6.20 Å². The number of hydrogen-bond donors (Lipinski definition) is 1. The van der Waals surface area contributed by atoms with Gasteiger partial charge in [-0.25, -0.2) is 4.68 Å². The second kappa shape index (κ2) is 5.66. The first kappa shape index (κ1) is 12.7. The van der Waals surface area contributed by atoms with Gasteiger partial charge in [0.2, 0.25) is 0 Å². The van der Waals surface area contributed by atoms with Gasteiger partial charge >= 0.3 is 0 Å². The molecule has 0 radical (unpaired) electrons. The Labute approximate surface area is 97.4 Å². The van der Waals surface area contributed by atoms with Gasteiger partial charge in [0.05, 0.1) is 17.4 Å². The summed E-state index contributed by atoms with van der Waals surface area (Å²) in [5.74, 6) is 5.88. The van der Waals surface area contributed by atoms with Gasteiger partial charge in [0.15, 0.2) is 0 Å². The summed E-state index contributed by atoms with van der Waals surface area (Å²) in [6.07, 6.45) is 2.86. The van der Waals surface area contributed by atoms with Crippen molar-refractivity contribution in [2.75, 3.05) is 6.54 Å². The van der Waals surface area contributed by atoms with Crippen LogP contribution in [0.5, 0.6) is 0 Å². The number of aromatic nitrogens is 3. The maximum absolute atomic E-state index is 4.11. The van der Waals surface area contributed by atoms with Gasteiger partial charge in [-0.15, -0.1) is 16.9 Å². The summed E-state index contributed by atoms with van der Waals surface area (Å²) >= 11 is 0. The van der Waals surface area contributed by atoms with E-state index in [1.807, 2.05) is 17.8 Å². The van der Waals surface area contributed by atoms with Crippen LogP contribution in [0.3, 0.4) is 0 Å². The standard InChI is InChI=1S/C12H20N4/c1-5-6-7-8-13-9-11-10-16(15-14-11)12(2,3)4/h10,13H,7-9H2,1-4H3. The van der Waals surface area contributed by atoms with Crippen LogP contribution in [0.25, 0.3) is 0 Å². The van der Waals surface area contributed by atoms with Gasteiger partial charge < -0.3 is 5.32 Å². The zero-order chi connectivity index (χ0) is 12.0. The lowest BCUT2D eigenvalue weighted by Crippen LogP contribution is -2.22. The molecule has 0 fully saturated rings. The van der Waals surface area contributed by atoms with E-state index in [9.17, 15) is 0 Å². The molecule has 0 unspecified atom stereocenters. The Hall–Kier alpha value is -1.34. The predicted molar refractivity (Wildman–Crippen MR) is 64.8 cm³/mol. The summed E-state index contributed by atoms with van der Waals surface area (Å²) in [5, 5.41) is 11.5. The number of rotatable bonds is 4. The van der Waals surface area contributed by atoms with Gasteiger partial charge in [-0.3, -0.25) is 0 Å². The smallest absolute Gasteiger partial charge is 0.0965 e. The molecule has 0 amide bonds. The van der Waals surface area contributed by atoms with Crippen LogP contribution in [-0.4, -0.2) is 21.5 Å². The van der Waals surface area contributed by atoms with Crippen molar-refractivity contribution in [3.63, 3.8) is 0 Å². The van der Waals surface area contributed by atoms with Crippen LogP contribution in [0.2, 0.25) is 0 Å². The Morgan fingerprint density at radius 3 is 2.75 bits per heavy atom. The number of nitrogens with zero attached hydrogens (tertiary/aromatic N) is 3. The molecule has 0 atom stereocenters. The molecule has 0 aliphatic rings. The van der Waals surface area contributed by atoms with E-state index in [2.05, 4.69) is 48.2 Å². The molecular weight excluding hydrogens is 200 g/mol. The van der Waals surface area contributed by atoms with Crippen LogP contribution in [-0.2, 0) is 12.1 Å². The Bertz CT molecular complexity index is 376. The molecule has 1 heterocycles. The first-order valence-corrected chi connectivity index (χ1v) is 5.56. The molecule has 4 heteroatoms. The molecule has 0 bridgehead atoms. The molecule has 0 saturated heterocycles. The van der Waals surface area contributed by atoms with Gasteiger partial charge in [0.1, 0.15) is 0 Å². The highest BCUT2D eigenvalue weighted by Gasteiger charge is 2.14. The first-order valence-electron chi connectivity index (χ1n) is 5.56. The summed E-state index contributed by atoms with van der Waals surface area (Å²) in [6, 6.07) is 0. The quantitative estimate of drug-likeness (QED) is 0.618.